The number of aromatic amines is 1. The van der Waals surface area contributed by atoms with Gasteiger partial charge in [0, 0.05) is 6.04 Å². The van der Waals surface area contributed by atoms with Gasteiger partial charge in [-0.25, -0.2) is 0 Å². The predicted octanol–water partition coefficient (Wildman–Crippen LogP) is 3.09. The van der Waals surface area contributed by atoms with Crippen molar-refractivity contribution in [3.63, 3.8) is 0 Å². The molecule has 0 aliphatic heterocycles. The molecule has 1 N–H and O–H groups in total. The second-order valence-corrected chi connectivity index (χ2v) is 5.80. The van der Waals surface area contributed by atoms with E-state index in [1.807, 2.05) is 11.4 Å². The maximum absolute atomic E-state index is 12.2. The Labute approximate surface area is 102 Å². The molecule has 1 aliphatic rings. The molecular formula is C11H12N2OS2. The molecule has 5 heteroatoms. The first-order chi connectivity index (χ1) is 7.66. The molecule has 0 bridgehead atoms. The Morgan fingerprint density at radius 1 is 1.56 bits per heavy atom. The lowest BCUT2D eigenvalue weighted by Gasteiger charge is -2.33. The normalized spacial score (nSPS) is 24.6. The van der Waals surface area contributed by atoms with Crippen molar-refractivity contribution < 1.29 is 0 Å². The lowest BCUT2D eigenvalue weighted by molar-refractivity contribution is 0.209. The molecule has 3 rings (SSSR count). The maximum atomic E-state index is 12.2. The fourth-order valence-electron chi connectivity index (χ4n) is 2.36. The highest BCUT2D eigenvalue weighted by Gasteiger charge is 2.28. The molecule has 2 aromatic heterocycles. The van der Waals surface area contributed by atoms with Crippen LogP contribution in [0.25, 0.3) is 10.2 Å². The average Bonchev–Trinajstić information content (AvgIpc) is 2.63. The first-order valence-electron chi connectivity index (χ1n) is 5.39. The summed E-state index contributed by atoms with van der Waals surface area (Å²) in [5, 5.41) is 2.68. The van der Waals surface area contributed by atoms with Crippen LogP contribution in [0, 0.1) is 10.7 Å². The Morgan fingerprint density at radius 2 is 2.31 bits per heavy atom. The van der Waals surface area contributed by atoms with Gasteiger partial charge >= 0.3 is 0 Å². The van der Waals surface area contributed by atoms with Gasteiger partial charge in [0.05, 0.1) is 5.39 Å². The maximum Gasteiger partial charge on any atom is 0.263 e. The minimum absolute atomic E-state index is 0.0666. The third kappa shape index (κ3) is 1.38. The zero-order valence-corrected chi connectivity index (χ0v) is 10.5. The molecule has 0 spiro atoms. The van der Waals surface area contributed by atoms with E-state index in [0.717, 1.165) is 23.1 Å². The van der Waals surface area contributed by atoms with Crippen molar-refractivity contribution in [1.29, 1.82) is 0 Å². The van der Waals surface area contributed by atoms with Crippen LogP contribution in [-0.4, -0.2) is 9.55 Å². The van der Waals surface area contributed by atoms with E-state index in [2.05, 4.69) is 11.9 Å². The highest BCUT2D eigenvalue weighted by atomic mass is 32.1. The SMILES string of the molecule is CC1CC(n2c(=S)[nH]c3sccc3c2=O)C1. The van der Waals surface area contributed by atoms with E-state index in [1.54, 1.807) is 4.57 Å². The number of thiophene rings is 1. The largest absolute Gasteiger partial charge is 0.323 e. The molecule has 0 saturated heterocycles. The van der Waals surface area contributed by atoms with E-state index in [-0.39, 0.29) is 5.56 Å². The van der Waals surface area contributed by atoms with Crippen molar-refractivity contribution in [2.24, 2.45) is 5.92 Å². The van der Waals surface area contributed by atoms with E-state index in [1.165, 1.54) is 11.3 Å². The van der Waals surface area contributed by atoms with Crippen LogP contribution >= 0.6 is 23.6 Å². The van der Waals surface area contributed by atoms with Gasteiger partial charge in [-0.1, -0.05) is 6.92 Å². The molecule has 3 nitrogen and oxygen atoms in total. The number of aromatic nitrogens is 2. The summed E-state index contributed by atoms with van der Waals surface area (Å²) in [5.41, 5.74) is 0.0666. The number of H-pyrrole nitrogens is 1. The van der Waals surface area contributed by atoms with Crippen molar-refractivity contribution in [3.8, 4) is 0 Å². The Morgan fingerprint density at radius 3 is 3.00 bits per heavy atom. The van der Waals surface area contributed by atoms with Gasteiger partial charge in [-0.2, -0.15) is 0 Å². The summed E-state index contributed by atoms with van der Waals surface area (Å²) in [7, 11) is 0. The van der Waals surface area contributed by atoms with E-state index >= 15 is 0 Å². The summed E-state index contributed by atoms with van der Waals surface area (Å²) in [4.78, 5) is 16.3. The van der Waals surface area contributed by atoms with Crippen LogP contribution < -0.4 is 5.56 Å². The van der Waals surface area contributed by atoms with Gasteiger partial charge in [0.15, 0.2) is 4.77 Å². The van der Waals surface area contributed by atoms with Crippen molar-refractivity contribution in [3.05, 3.63) is 26.6 Å². The first kappa shape index (κ1) is 10.2. The second kappa shape index (κ2) is 3.53. The van der Waals surface area contributed by atoms with Gasteiger partial charge in [-0.15, -0.1) is 11.3 Å². The van der Waals surface area contributed by atoms with Crippen molar-refractivity contribution in [2.75, 3.05) is 0 Å². The summed E-state index contributed by atoms with van der Waals surface area (Å²) in [6.45, 7) is 2.21. The topological polar surface area (TPSA) is 37.8 Å². The molecule has 2 aromatic rings. The number of fused-ring (bicyclic) bond motifs is 1. The minimum atomic E-state index is 0.0666. The Bertz CT molecular complexity index is 646. The highest BCUT2D eigenvalue weighted by Crippen LogP contribution is 2.36. The monoisotopic (exact) mass is 252 g/mol. The predicted molar refractivity (Wildman–Crippen MR) is 68.7 cm³/mol. The van der Waals surface area contributed by atoms with E-state index in [4.69, 9.17) is 12.2 Å². The van der Waals surface area contributed by atoms with Crippen molar-refractivity contribution in [1.82, 2.24) is 9.55 Å². The van der Waals surface area contributed by atoms with Crippen LogP contribution in [0.2, 0.25) is 0 Å². The number of rotatable bonds is 1. The lowest BCUT2D eigenvalue weighted by Crippen LogP contribution is -2.33. The van der Waals surface area contributed by atoms with E-state index in [0.29, 0.717) is 16.7 Å². The fraction of sp³-hybridized carbons (Fsp3) is 0.455. The molecule has 0 atom stereocenters. The Kier molecular flexibility index (Phi) is 2.26. The lowest BCUT2D eigenvalue weighted by atomic mass is 9.82. The fourth-order valence-corrected chi connectivity index (χ4v) is 3.53. The van der Waals surface area contributed by atoms with Crippen LogP contribution in [-0.2, 0) is 0 Å². The number of nitrogens with zero attached hydrogens (tertiary/aromatic N) is 1. The first-order valence-corrected chi connectivity index (χ1v) is 6.67. The smallest absolute Gasteiger partial charge is 0.263 e. The molecule has 1 aliphatic carbocycles. The summed E-state index contributed by atoms with van der Waals surface area (Å²) in [5.74, 6) is 0.712. The standard InChI is InChI=1S/C11H12N2OS2/c1-6-4-7(5-6)13-10(14)8-2-3-16-9(8)12-11(13)15/h2-3,6-7H,4-5H2,1H3,(H,12,15). The highest BCUT2D eigenvalue weighted by molar-refractivity contribution is 7.71. The molecule has 2 heterocycles. The van der Waals surface area contributed by atoms with Crippen molar-refractivity contribution in [2.45, 2.75) is 25.8 Å². The minimum Gasteiger partial charge on any atom is -0.323 e. The molecule has 0 unspecified atom stereocenters. The number of hydrogen-bond donors (Lipinski definition) is 1. The molecular weight excluding hydrogens is 240 g/mol. The van der Waals surface area contributed by atoms with Gasteiger partial charge < -0.3 is 4.98 Å². The average molecular weight is 252 g/mol. The molecule has 0 aromatic carbocycles. The third-order valence-electron chi connectivity index (χ3n) is 3.27. The van der Waals surface area contributed by atoms with Crippen LogP contribution in [0.15, 0.2) is 16.2 Å². The molecule has 84 valence electrons. The molecule has 16 heavy (non-hydrogen) atoms. The quantitative estimate of drug-likeness (QED) is 0.792. The Balaban J connectivity index is 2.24. The summed E-state index contributed by atoms with van der Waals surface area (Å²) >= 11 is 6.79. The van der Waals surface area contributed by atoms with Gasteiger partial charge in [-0.05, 0) is 42.4 Å². The van der Waals surface area contributed by atoms with Gasteiger partial charge in [-0.3, -0.25) is 9.36 Å². The summed E-state index contributed by atoms with van der Waals surface area (Å²) < 4.78 is 2.32. The van der Waals surface area contributed by atoms with Gasteiger partial charge in [0.25, 0.3) is 5.56 Å². The van der Waals surface area contributed by atoms with Crippen LogP contribution in [0.1, 0.15) is 25.8 Å². The third-order valence-corrected chi connectivity index (χ3v) is 4.40. The zero-order chi connectivity index (χ0) is 11.3. The number of nitrogens with one attached hydrogen (secondary N) is 1. The Hall–Kier alpha value is -0.940. The second-order valence-electron chi connectivity index (χ2n) is 4.50. The van der Waals surface area contributed by atoms with E-state index in [9.17, 15) is 4.79 Å². The van der Waals surface area contributed by atoms with Crippen LogP contribution in [0.5, 0.6) is 0 Å². The molecule has 1 fully saturated rings. The van der Waals surface area contributed by atoms with Crippen molar-refractivity contribution >= 4 is 33.8 Å². The van der Waals surface area contributed by atoms with E-state index < -0.39 is 0 Å². The molecule has 1 saturated carbocycles. The summed E-state index contributed by atoms with van der Waals surface area (Å²) in [6.07, 6.45) is 2.13. The van der Waals surface area contributed by atoms with Crippen LogP contribution in [0.3, 0.4) is 0 Å². The molecule has 0 radical (unpaired) electrons. The summed E-state index contributed by atoms with van der Waals surface area (Å²) in [6, 6.07) is 2.17. The van der Waals surface area contributed by atoms with Gasteiger partial charge in [0.1, 0.15) is 4.83 Å². The zero-order valence-electron chi connectivity index (χ0n) is 8.90. The number of hydrogen-bond acceptors (Lipinski definition) is 3. The van der Waals surface area contributed by atoms with Gasteiger partial charge in [0.2, 0.25) is 0 Å². The van der Waals surface area contributed by atoms with Crippen LogP contribution in [0.4, 0.5) is 0 Å². The molecule has 0 amide bonds.